The minimum atomic E-state index is -0.244. The van der Waals surface area contributed by atoms with E-state index in [9.17, 15) is 4.39 Å². The Morgan fingerprint density at radius 1 is 1.24 bits per heavy atom. The number of rotatable bonds is 4. The summed E-state index contributed by atoms with van der Waals surface area (Å²) in [7, 11) is 0. The first kappa shape index (κ1) is 14.1. The van der Waals surface area contributed by atoms with Crippen molar-refractivity contribution in [2.75, 3.05) is 5.75 Å². The Morgan fingerprint density at radius 3 is 2.76 bits per heavy atom. The number of halogens is 1. The lowest BCUT2D eigenvalue weighted by Gasteiger charge is -2.10. The van der Waals surface area contributed by atoms with E-state index in [0.29, 0.717) is 5.75 Å². The number of aryl methyl sites for hydroxylation is 1. The average molecular weight is 301 g/mol. The molecule has 0 spiro atoms. The number of aromatic amines is 1. The average Bonchev–Trinajstić information content (AvgIpc) is 2.87. The predicted molar refractivity (Wildman–Crippen MR) is 84.9 cm³/mol. The molecule has 2 aromatic carbocycles. The molecule has 0 saturated heterocycles. The summed E-state index contributed by atoms with van der Waals surface area (Å²) in [6, 6.07) is 12.3. The van der Waals surface area contributed by atoms with E-state index >= 15 is 0 Å². The second-order valence-corrected chi connectivity index (χ2v) is 6.04. The number of imidazole rings is 1. The SMILES string of the molecule is Cc1ccc2nc(SCC(N)c3ccc(F)cc3)[nH]c2c1. The van der Waals surface area contributed by atoms with Crippen LogP contribution in [0.3, 0.4) is 0 Å². The molecule has 1 atom stereocenters. The van der Waals surface area contributed by atoms with Crippen LogP contribution in [0.25, 0.3) is 11.0 Å². The Morgan fingerprint density at radius 2 is 2.00 bits per heavy atom. The molecular weight excluding hydrogens is 285 g/mol. The van der Waals surface area contributed by atoms with E-state index in [-0.39, 0.29) is 11.9 Å². The number of benzene rings is 2. The van der Waals surface area contributed by atoms with Gasteiger partial charge in [-0.15, -0.1) is 0 Å². The number of hydrogen-bond acceptors (Lipinski definition) is 3. The maximum absolute atomic E-state index is 12.9. The van der Waals surface area contributed by atoms with Crippen molar-refractivity contribution in [2.45, 2.75) is 18.1 Å². The third kappa shape index (κ3) is 3.25. The summed E-state index contributed by atoms with van der Waals surface area (Å²) in [5.41, 5.74) is 10.2. The monoisotopic (exact) mass is 301 g/mol. The van der Waals surface area contributed by atoms with Gasteiger partial charge in [0.25, 0.3) is 0 Å². The van der Waals surface area contributed by atoms with Gasteiger partial charge in [0.05, 0.1) is 11.0 Å². The zero-order chi connectivity index (χ0) is 14.8. The highest BCUT2D eigenvalue weighted by Crippen LogP contribution is 2.24. The highest BCUT2D eigenvalue weighted by Gasteiger charge is 2.09. The summed E-state index contributed by atoms with van der Waals surface area (Å²) < 4.78 is 12.9. The van der Waals surface area contributed by atoms with Crippen molar-refractivity contribution in [3.8, 4) is 0 Å². The van der Waals surface area contributed by atoms with E-state index in [1.165, 1.54) is 17.7 Å². The summed E-state index contributed by atoms with van der Waals surface area (Å²) in [5.74, 6) is 0.441. The largest absolute Gasteiger partial charge is 0.333 e. The topological polar surface area (TPSA) is 54.7 Å². The Kier molecular flexibility index (Phi) is 3.94. The molecule has 0 saturated carbocycles. The molecule has 3 rings (SSSR count). The van der Waals surface area contributed by atoms with Crippen molar-refractivity contribution >= 4 is 22.8 Å². The maximum Gasteiger partial charge on any atom is 0.166 e. The third-order valence-electron chi connectivity index (χ3n) is 3.31. The van der Waals surface area contributed by atoms with E-state index in [1.54, 1.807) is 23.9 Å². The standard InChI is InChI=1S/C16H16FN3S/c1-10-2-7-14-15(8-10)20-16(19-14)21-9-13(18)11-3-5-12(17)6-4-11/h2-8,13H,9,18H2,1H3,(H,19,20). The molecule has 0 aliphatic rings. The summed E-state index contributed by atoms with van der Waals surface area (Å²) in [4.78, 5) is 7.81. The van der Waals surface area contributed by atoms with Gasteiger partial charge in [-0.05, 0) is 42.3 Å². The Hall–Kier alpha value is -1.85. The van der Waals surface area contributed by atoms with Gasteiger partial charge in [-0.2, -0.15) is 0 Å². The molecule has 0 amide bonds. The third-order valence-corrected chi connectivity index (χ3v) is 4.31. The molecule has 0 aliphatic carbocycles. The van der Waals surface area contributed by atoms with Crippen LogP contribution in [0, 0.1) is 12.7 Å². The second kappa shape index (κ2) is 5.87. The van der Waals surface area contributed by atoms with Crippen molar-refractivity contribution in [2.24, 2.45) is 5.73 Å². The van der Waals surface area contributed by atoms with Crippen LogP contribution in [0.1, 0.15) is 17.2 Å². The maximum atomic E-state index is 12.9. The van der Waals surface area contributed by atoms with Gasteiger partial charge in [-0.25, -0.2) is 9.37 Å². The number of H-pyrrole nitrogens is 1. The van der Waals surface area contributed by atoms with Gasteiger partial charge in [0.2, 0.25) is 0 Å². The van der Waals surface area contributed by atoms with E-state index in [4.69, 9.17) is 5.73 Å². The van der Waals surface area contributed by atoms with Crippen LogP contribution in [0.5, 0.6) is 0 Å². The first-order chi connectivity index (χ1) is 10.1. The molecule has 3 N–H and O–H groups in total. The highest BCUT2D eigenvalue weighted by atomic mass is 32.2. The Balaban J connectivity index is 1.69. The van der Waals surface area contributed by atoms with Crippen molar-refractivity contribution in [3.63, 3.8) is 0 Å². The lowest BCUT2D eigenvalue weighted by atomic mass is 10.1. The number of nitrogens with zero attached hydrogens (tertiary/aromatic N) is 1. The zero-order valence-corrected chi connectivity index (χ0v) is 12.5. The van der Waals surface area contributed by atoms with E-state index in [2.05, 4.69) is 23.0 Å². The molecule has 0 fully saturated rings. The van der Waals surface area contributed by atoms with Gasteiger partial charge < -0.3 is 10.7 Å². The van der Waals surface area contributed by atoms with Crippen LogP contribution in [-0.4, -0.2) is 15.7 Å². The minimum Gasteiger partial charge on any atom is -0.333 e. The van der Waals surface area contributed by atoms with Gasteiger partial charge in [-0.1, -0.05) is 30.0 Å². The number of nitrogens with one attached hydrogen (secondary N) is 1. The lowest BCUT2D eigenvalue weighted by molar-refractivity contribution is 0.626. The van der Waals surface area contributed by atoms with E-state index in [0.717, 1.165) is 21.8 Å². The molecular formula is C16H16FN3S. The van der Waals surface area contributed by atoms with Crippen LogP contribution in [0.2, 0.25) is 0 Å². The fourth-order valence-electron chi connectivity index (χ4n) is 2.14. The molecule has 5 heteroatoms. The Labute approximate surface area is 126 Å². The number of thioether (sulfide) groups is 1. The van der Waals surface area contributed by atoms with Crippen LogP contribution < -0.4 is 5.73 Å². The van der Waals surface area contributed by atoms with Crippen molar-refractivity contribution in [3.05, 3.63) is 59.4 Å². The van der Waals surface area contributed by atoms with Gasteiger partial charge >= 0.3 is 0 Å². The van der Waals surface area contributed by atoms with Crippen LogP contribution in [-0.2, 0) is 0 Å². The van der Waals surface area contributed by atoms with Crippen molar-refractivity contribution in [1.29, 1.82) is 0 Å². The van der Waals surface area contributed by atoms with E-state index in [1.807, 2.05) is 12.1 Å². The molecule has 1 unspecified atom stereocenters. The number of hydrogen-bond donors (Lipinski definition) is 2. The number of fused-ring (bicyclic) bond motifs is 1. The van der Waals surface area contributed by atoms with Gasteiger partial charge in [0, 0.05) is 11.8 Å². The summed E-state index contributed by atoms with van der Waals surface area (Å²) in [6.07, 6.45) is 0. The quantitative estimate of drug-likeness (QED) is 0.721. The molecule has 3 nitrogen and oxygen atoms in total. The van der Waals surface area contributed by atoms with E-state index < -0.39 is 0 Å². The normalized spacial score (nSPS) is 12.7. The first-order valence-electron chi connectivity index (χ1n) is 6.72. The predicted octanol–water partition coefficient (Wildman–Crippen LogP) is 3.80. The number of aromatic nitrogens is 2. The molecule has 0 radical (unpaired) electrons. The molecule has 1 heterocycles. The fourth-order valence-corrected chi connectivity index (χ4v) is 3.02. The molecule has 0 bridgehead atoms. The summed E-state index contributed by atoms with van der Waals surface area (Å²) in [5, 5.41) is 0.855. The first-order valence-corrected chi connectivity index (χ1v) is 7.70. The smallest absolute Gasteiger partial charge is 0.166 e. The van der Waals surface area contributed by atoms with Crippen LogP contribution >= 0.6 is 11.8 Å². The van der Waals surface area contributed by atoms with Crippen molar-refractivity contribution in [1.82, 2.24) is 9.97 Å². The second-order valence-electron chi connectivity index (χ2n) is 5.03. The van der Waals surface area contributed by atoms with Crippen LogP contribution in [0.4, 0.5) is 4.39 Å². The highest BCUT2D eigenvalue weighted by molar-refractivity contribution is 7.99. The molecule has 3 aromatic rings. The summed E-state index contributed by atoms with van der Waals surface area (Å²) in [6.45, 7) is 2.05. The zero-order valence-electron chi connectivity index (χ0n) is 11.6. The summed E-state index contributed by atoms with van der Waals surface area (Å²) >= 11 is 1.57. The minimum absolute atomic E-state index is 0.148. The number of nitrogens with two attached hydrogens (primary N) is 1. The fraction of sp³-hybridized carbons (Fsp3) is 0.188. The lowest BCUT2D eigenvalue weighted by Crippen LogP contribution is -2.12. The van der Waals surface area contributed by atoms with Gasteiger partial charge in [-0.3, -0.25) is 0 Å². The van der Waals surface area contributed by atoms with Crippen LogP contribution in [0.15, 0.2) is 47.6 Å². The molecule has 108 valence electrons. The van der Waals surface area contributed by atoms with Crippen molar-refractivity contribution < 1.29 is 4.39 Å². The molecule has 0 aliphatic heterocycles. The molecule has 21 heavy (non-hydrogen) atoms. The molecule has 1 aromatic heterocycles. The van der Waals surface area contributed by atoms with Gasteiger partial charge in [0.1, 0.15) is 5.82 Å². The van der Waals surface area contributed by atoms with Gasteiger partial charge in [0.15, 0.2) is 5.16 Å². The Bertz CT molecular complexity index is 752.